The van der Waals surface area contributed by atoms with Gasteiger partial charge in [0, 0.05) is 25.6 Å². The van der Waals surface area contributed by atoms with E-state index in [9.17, 15) is 9.90 Å². The molecule has 242 valence electrons. The molecule has 2 amide bonds. The highest BCUT2D eigenvalue weighted by Crippen LogP contribution is 2.32. The number of urea groups is 1. The van der Waals surface area contributed by atoms with E-state index in [0.717, 1.165) is 33.8 Å². The summed E-state index contributed by atoms with van der Waals surface area (Å²) in [6.07, 6.45) is -0.873. The van der Waals surface area contributed by atoms with Crippen LogP contribution in [0, 0.1) is 0 Å². The number of aliphatic hydroxyl groups excluding tert-OH is 1. The molecule has 0 aliphatic heterocycles. The van der Waals surface area contributed by atoms with E-state index in [2.05, 4.69) is 46.6 Å². The van der Waals surface area contributed by atoms with Gasteiger partial charge in [0.05, 0.1) is 26.0 Å². The van der Waals surface area contributed by atoms with Crippen molar-refractivity contribution < 1.29 is 24.1 Å². The predicted octanol–water partition coefficient (Wildman–Crippen LogP) is 7.14. The molecule has 4 N–H and O–H groups in total. The van der Waals surface area contributed by atoms with E-state index in [1.807, 2.05) is 78.9 Å². The van der Waals surface area contributed by atoms with Gasteiger partial charge in [0.15, 0.2) is 0 Å². The second-order valence-electron chi connectivity index (χ2n) is 11.3. The van der Waals surface area contributed by atoms with Crippen molar-refractivity contribution in [2.45, 2.75) is 25.2 Å². The maximum absolute atomic E-state index is 11.9. The first-order chi connectivity index (χ1) is 22.9. The summed E-state index contributed by atoms with van der Waals surface area (Å²) in [7, 11) is 3.32. The molecule has 47 heavy (non-hydrogen) atoms. The Morgan fingerprint density at radius 1 is 0.723 bits per heavy atom. The molecule has 0 aliphatic rings. The number of carbonyl (C=O) groups excluding carboxylic acids is 1. The largest absolute Gasteiger partial charge is 0.497 e. The Balaban J connectivity index is 1.42. The normalized spacial score (nSPS) is 11.7. The van der Waals surface area contributed by atoms with Crippen LogP contribution in [0.1, 0.15) is 39.8 Å². The number of nitrogens with two attached hydrogens (primary N) is 1. The van der Waals surface area contributed by atoms with E-state index >= 15 is 0 Å². The number of nitrogens with one attached hydrogen (secondary N) is 1. The second-order valence-corrected chi connectivity index (χ2v) is 11.3. The maximum atomic E-state index is 11.9. The minimum atomic E-state index is -0.873. The Hall–Kier alpha value is -5.31. The van der Waals surface area contributed by atoms with Crippen LogP contribution in [0.5, 0.6) is 17.2 Å². The number of methoxy groups -OCH3 is 2. The molecular formula is C39H41N3O5. The van der Waals surface area contributed by atoms with Crippen LogP contribution in [0.2, 0.25) is 0 Å². The fourth-order valence-corrected chi connectivity index (χ4v) is 5.58. The Morgan fingerprint density at radius 3 is 1.79 bits per heavy atom. The van der Waals surface area contributed by atoms with E-state index in [0.29, 0.717) is 43.2 Å². The molecular weight excluding hydrogens is 590 g/mol. The fourth-order valence-electron chi connectivity index (χ4n) is 5.58. The van der Waals surface area contributed by atoms with E-state index in [1.165, 1.54) is 0 Å². The number of benzene rings is 5. The second kappa shape index (κ2) is 16.3. The van der Waals surface area contributed by atoms with Gasteiger partial charge >= 0.3 is 6.03 Å². The van der Waals surface area contributed by atoms with Crippen LogP contribution in [0.3, 0.4) is 0 Å². The summed E-state index contributed by atoms with van der Waals surface area (Å²) < 4.78 is 16.9. The number of rotatable bonds is 15. The molecule has 0 bridgehead atoms. The molecule has 0 aromatic heterocycles. The zero-order valence-corrected chi connectivity index (χ0v) is 26.7. The van der Waals surface area contributed by atoms with Crippen molar-refractivity contribution in [3.05, 3.63) is 155 Å². The van der Waals surface area contributed by atoms with Crippen LogP contribution >= 0.6 is 0 Å². The van der Waals surface area contributed by atoms with Crippen molar-refractivity contribution in [1.29, 1.82) is 0 Å². The van der Waals surface area contributed by atoms with Gasteiger partial charge in [-0.15, -0.1) is 0 Å². The molecule has 0 heterocycles. The summed E-state index contributed by atoms with van der Waals surface area (Å²) in [6.45, 7) is 1.89. The molecule has 1 atom stereocenters. The van der Waals surface area contributed by atoms with Gasteiger partial charge in [-0.05, 0) is 64.2 Å². The van der Waals surface area contributed by atoms with E-state index in [1.54, 1.807) is 26.4 Å². The molecule has 5 rings (SSSR count). The quantitative estimate of drug-likeness (QED) is 0.113. The highest BCUT2D eigenvalue weighted by atomic mass is 16.5. The van der Waals surface area contributed by atoms with Gasteiger partial charge in [0.25, 0.3) is 0 Å². The molecule has 5 aromatic carbocycles. The number of hydrogen-bond donors (Lipinski definition) is 3. The van der Waals surface area contributed by atoms with Crippen molar-refractivity contribution in [2.75, 3.05) is 32.6 Å². The highest BCUT2D eigenvalue weighted by Gasteiger charge is 2.23. The Morgan fingerprint density at radius 2 is 1.26 bits per heavy atom. The number of amides is 2. The predicted molar refractivity (Wildman–Crippen MR) is 185 cm³/mol. The van der Waals surface area contributed by atoms with Crippen molar-refractivity contribution in [2.24, 2.45) is 5.73 Å². The monoisotopic (exact) mass is 631 g/mol. The molecule has 8 nitrogen and oxygen atoms in total. The number of ether oxygens (including phenoxy) is 3. The Bertz CT molecular complexity index is 1650. The van der Waals surface area contributed by atoms with Crippen LogP contribution in [-0.4, -0.2) is 43.3 Å². The molecule has 0 fully saturated rings. The minimum absolute atomic E-state index is 0.0106. The molecule has 0 unspecified atom stereocenters. The minimum Gasteiger partial charge on any atom is -0.497 e. The summed E-state index contributed by atoms with van der Waals surface area (Å²) in [5.74, 6) is 2.03. The number of primary amides is 1. The third-order valence-corrected chi connectivity index (χ3v) is 8.04. The van der Waals surface area contributed by atoms with E-state index in [-0.39, 0.29) is 5.92 Å². The van der Waals surface area contributed by atoms with Crippen molar-refractivity contribution in [3.8, 4) is 17.2 Å². The topological polar surface area (TPSA) is 106 Å². The van der Waals surface area contributed by atoms with Crippen molar-refractivity contribution in [3.63, 3.8) is 0 Å². The summed E-state index contributed by atoms with van der Waals surface area (Å²) in [6, 6.07) is 40.8. The van der Waals surface area contributed by atoms with Gasteiger partial charge in [-0.1, -0.05) is 91.0 Å². The third-order valence-electron chi connectivity index (χ3n) is 8.04. The lowest BCUT2D eigenvalue weighted by Gasteiger charge is -2.30. The molecule has 0 saturated carbocycles. The summed E-state index contributed by atoms with van der Waals surface area (Å²) in [5, 5.41) is 14.3. The lowest BCUT2D eigenvalue weighted by atomic mass is 9.90. The van der Waals surface area contributed by atoms with Crippen LogP contribution in [0.4, 0.5) is 10.5 Å². The maximum Gasteiger partial charge on any atom is 0.316 e. The van der Waals surface area contributed by atoms with Crippen LogP contribution < -0.4 is 25.3 Å². The van der Waals surface area contributed by atoms with Crippen LogP contribution in [-0.2, 0) is 13.2 Å². The van der Waals surface area contributed by atoms with Crippen molar-refractivity contribution in [1.82, 2.24) is 4.90 Å². The molecule has 0 saturated heterocycles. The summed E-state index contributed by atoms with van der Waals surface area (Å²) in [5.41, 5.74) is 10.9. The lowest BCUT2D eigenvalue weighted by molar-refractivity contribution is 0.107. The average molecular weight is 632 g/mol. The first kappa shape index (κ1) is 33.1. The van der Waals surface area contributed by atoms with E-state index in [4.69, 9.17) is 19.9 Å². The fraction of sp³-hybridized carbons (Fsp3) is 0.205. The SMILES string of the molecule is COc1ccc(C(CN(Cc2ccccc2)C[C@H](O)c2ccc(OCc3ccccc3)c(NC(N)=O)c2)c2ccc(OC)cc2)cc1. The number of carbonyl (C=O) groups is 1. The van der Waals surface area contributed by atoms with Gasteiger partial charge in [-0.2, -0.15) is 0 Å². The molecule has 0 radical (unpaired) electrons. The molecule has 5 aromatic rings. The van der Waals surface area contributed by atoms with E-state index < -0.39 is 12.1 Å². The van der Waals surface area contributed by atoms with Gasteiger partial charge < -0.3 is 30.4 Å². The van der Waals surface area contributed by atoms with Gasteiger partial charge in [-0.25, -0.2) is 4.79 Å². The number of hydrogen-bond acceptors (Lipinski definition) is 6. The Kier molecular flexibility index (Phi) is 11.5. The Labute approximate surface area is 276 Å². The summed E-state index contributed by atoms with van der Waals surface area (Å²) >= 11 is 0. The van der Waals surface area contributed by atoms with Gasteiger partial charge in [0.1, 0.15) is 23.9 Å². The standard InChI is InChI=1S/C39H41N3O5/c1-45-33-18-13-30(14-19-33)35(31-15-20-34(46-2)21-16-31)25-42(24-28-9-5-3-6-10-28)26-37(43)32-17-22-38(36(23-32)41-39(40)44)47-27-29-11-7-4-8-12-29/h3-23,35,37,43H,24-27H2,1-2H3,(H3,40,41,44)/t37-/m0/s1. The first-order valence-corrected chi connectivity index (χ1v) is 15.5. The lowest BCUT2D eigenvalue weighted by Crippen LogP contribution is -2.33. The zero-order valence-electron chi connectivity index (χ0n) is 26.7. The number of anilines is 1. The third kappa shape index (κ3) is 9.36. The zero-order chi connectivity index (χ0) is 33.0. The van der Waals surface area contributed by atoms with Crippen LogP contribution in [0.25, 0.3) is 0 Å². The smallest absolute Gasteiger partial charge is 0.316 e. The van der Waals surface area contributed by atoms with Gasteiger partial charge in [0.2, 0.25) is 0 Å². The summed E-state index contributed by atoms with van der Waals surface area (Å²) in [4.78, 5) is 14.1. The number of nitrogens with zero attached hydrogens (tertiary/aromatic N) is 1. The number of aliphatic hydroxyl groups is 1. The average Bonchev–Trinajstić information content (AvgIpc) is 3.10. The van der Waals surface area contributed by atoms with Crippen molar-refractivity contribution >= 4 is 11.7 Å². The highest BCUT2D eigenvalue weighted by molar-refractivity contribution is 5.89. The molecule has 0 spiro atoms. The molecule has 0 aliphatic carbocycles. The first-order valence-electron chi connectivity index (χ1n) is 15.5. The molecule has 8 heteroatoms. The van der Waals surface area contributed by atoms with Crippen LogP contribution in [0.15, 0.2) is 127 Å². The van der Waals surface area contributed by atoms with Gasteiger partial charge in [-0.3, -0.25) is 4.90 Å².